The van der Waals surface area contributed by atoms with E-state index in [2.05, 4.69) is 0 Å². The van der Waals surface area contributed by atoms with Crippen LogP contribution in [0.5, 0.6) is 0 Å². The molecule has 0 bridgehead atoms. The van der Waals surface area contributed by atoms with E-state index in [4.69, 9.17) is 23.7 Å². The van der Waals surface area contributed by atoms with Crippen LogP contribution in [0.4, 0.5) is 0 Å². The SMILES string of the molecule is O=C(OC[C@H]1O[C@@H]([C@@H]2C=C[C@@H](O)CO2)[C@H](OC(=O)c2ccccc2)[C@@H]1OC(=O)c1ccccc1)c1ccccc1. The monoisotopic (exact) mass is 544 g/mol. The van der Waals surface area contributed by atoms with Crippen molar-refractivity contribution in [2.75, 3.05) is 13.2 Å². The highest BCUT2D eigenvalue weighted by Crippen LogP contribution is 2.33. The van der Waals surface area contributed by atoms with Crippen molar-refractivity contribution in [3.63, 3.8) is 0 Å². The van der Waals surface area contributed by atoms with Crippen LogP contribution in [0.1, 0.15) is 31.1 Å². The van der Waals surface area contributed by atoms with Gasteiger partial charge in [-0.1, -0.05) is 66.7 Å². The van der Waals surface area contributed by atoms with E-state index in [0.29, 0.717) is 11.1 Å². The van der Waals surface area contributed by atoms with Crippen LogP contribution in [0, 0.1) is 0 Å². The van der Waals surface area contributed by atoms with Crippen molar-refractivity contribution in [3.05, 3.63) is 120 Å². The molecular weight excluding hydrogens is 516 g/mol. The van der Waals surface area contributed by atoms with Crippen molar-refractivity contribution in [2.45, 2.75) is 36.6 Å². The number of aliphatic hydroxyl groups excluding tert-OH is 1. The van der Waals surface area contributed by atoms with Gasteiger partial charge in [-0.2, -0.15) is 0 Å². The number of esters is 3. The highest BCUT2D eigenvalue weighted by molar-refractivity contribution is 5.91. The van der Waals surface area contributed by atoms with Crippen molar-refractivity contribution in [1.82, 2.24) is 0 Å². The standard InChI is InChI=1S/C31H28O9/c32-23-16-17-24(36-18-23)26-28(40-31(35)22-14-8-3-9-15-22)27(39-30(34)21-12-6-2-7-13-21)25(38-26)19-37-29(33)20-10-4-1-5-11-20/h1-17,23-28,32H,18-19H2/t23-,24+,25-,26+,27-,28+/m1/s1. The molecule has 1 fully saturated rings. The van der Waals surface area contributed by atoms with Gasteiger partial charge in [0.15, 0.2) is 12.2 Å². The lowest BCUT2D eigenvalue weighted by Gasteiger charge is -2.29. The van der Waals surface area contributed by atoms with Crippen molar-refractivity contribution < 1.29 is 43.2 Å². The minimum absolute atomic E-state index is 0.00249. The second-order valence-electron chi connectivity index (χ2n) is 9.33. The molecule has 3 aromatic rings. The molecule has 0 saturated carbocycles. The third-order valence-electron chi connectivity index (χ3n) is 6.55. The van der Waals surface area contributed by atoms with Gasteiger partial charge in [-0.25, -0.2) is 14.4 Å². The molecule has 0 amide bonds. The Labute approximate surface area is 230 Å². The highest BCUT2D eigenvalue weighted by Gasteiger charge is 2.53. The van der Waals surface area contributed by atoms with Crippen LogP contribution in [0.2, 0.25) is 0 Å². The average molecular weight is 545 g/mol. The van der Waals surface area contributed by atoms with Crippen LogP contribution >= 0.6 is 0 Å². The zero-order chi connectivity index (χ0) is 27.9. The molecule has 2 heterocycles. The van der Waals surface area contributed by atoms with Gasteiger partial charge in [0.1, 0.15) is 24.9 Å². The van der Waals surface area contributed by atoms with Gasteiger partial charge < -0.3 is 28.8 Å². The fourth-order valence-electron chi connectivity index (χ4n) is 4.54. The van der Waals surface area contributed by atoms with Gasteiger partial charge in [0.05, 0.1) is 29.4 Å². The molecule has 0 spiro atoms. The highest BCUT2D eigenvalue weighted by atomic mass is 16.7. The van der Waals surface area contributed by atoms with Crippen molar-refractivity contribution in [2.24, 2.45) is 0 Å². The van der Waals surface area contributed by atoms with Crippen LogP contribution in [0.15, 0.2) is 103 Å². The van der Waals surface area contributed by atoms with Crippen LogP contribution in [0.3, 0.4) is 0 Å². The number of carbonyl (C=O) groups is 3. The zero-order valence-corrected chi connectivity index (χ0v) is 21.4. The average Bonchev–Trinajstić information content (AvgIpc) is 3.33. The summed E-state index contributed by atoms with van der Waals surface area (Å²) in [5.41, 5.74) is 0.925. The lowest BCUT2D eigenvalue weighted by atomic mass is 10.0. The molecule has 9 nitrogen and oxygen atoms in total. The molecule has 206 valence electrons. The van der Waals surface area contributed by atoms with E-state index in [1.54, 1.807) is 103 Å². The van der Waals surface area contributed by atoms with Crippen molar-refractivity contribution in [1.29, 1.82) is 0 Å². The molecule has 2 aliphatic heterocycles. The van der Waals surface area contributed by atoms with E-state index >= 15 is 0 Å². The van der Waals surface area contributed by atoms with E-state index in [-0.39, 0.29) is 18.8 Å². The zero-order valence-electron chi connectivity index (χ0n) is 21.4. The van der Waals surface area contributed by atoms with Crippen molar-refractivity contribution in [3.8, 4) is 0 Å². The molecule has 6 atom stereocenters. The van der Waals surface area contributed by atoms with E-state index in [1.807, 2.05) is 0 Å². The van der Waals surface area contributed by atoms with Crippen molar-refractivity contribution >= 4 is 17.9 Å². The first-order chi connectivity index (χ1) is 19.5. The second kappa shape index (κ2) is 12.7. The lowest BCUT2D eigenvalue weighted by Crippen LogP contribution is -2.46. The Morgan fingerprint density at radius 3 is 1.70 bits per heavy atom. The fraction of sp³-hybridized carbons (Fsp3) is 0.258. The molecule has 1 saturated heterocycles. The number of rotatable bonds is 8. The Morgan fingerprint density at radius 2 is 1.20 bits per heavy atom. The van der Waals surface area contributed by atoms with E-state index < -0.39 is 54.5 Å². The fourth-order valence-corrected chi connectivity index (χ4v) is 4.54. The summed E-state index contributed by atoms with van der Waals surface area (Å²) in [6.07, 6.45) is -2.53. The maximum atomic E-state index is 13.1. The maximum Gasteiger partial charge on any atom is 0.338 e. The number of aliphatic hydroxyl groups is 1. The molecular formula is C31H28O9. The number of ether oxygens (including phenoxy) is 5. The van der Waals surface area contributed by atoms with Crippen LogP contribution in [-0.4, -0.2) is 72.9 Å². The molecule has 40 heavy (non-hydrogen) atoms. The minimum Gasteiger partial charge on any atom is -0.459 e. The van der Waals surface area contributed by atoms with Gasteiger partial charge in [0.2, 0.25) is 0 Å². The number of carbonyl (C=O) groups excluding carboxylic acids is 3. The summed E-state index contributed by atoms with van der Waals surface area (Å²) in [6.45, 7) is -0.280. The topological polar surface area (TPSA) is 118 Å². The summed E-state index contributed by atoms with van der Waals surface area (Å²) >= 11 is 0. The van der Waals surface area contributed by atoms with Gasteiger partial charge in [0.25, 0.3) is 0 Å². The van der Waals surface area contributed by atoms with Gasteiger partial charge in [-0.15, -0.1) is 0 Å². The molecule has 5 rings (SSSR count). The van der Waals surface area contributed by atoms with E-state index in [9.17, 15) is 19.5 Å². The third-order valence-corrected chi connectivity index (χ3v) is 6.55. The third kappa shape index (κ3) is 6.45. The molecule has 0 unspecified atom stereocenters. The van der Waals surface area contributed by atoms with E-state index in [1.165, 1.54) is 0 Å². The second-order valence-corrected chi connectivity index (χ2v) is 9.33. The Balaban J connectivity index is 1.43. The smallest absolute Gasteiger partial charge is 0.338 e. The first-order valence-corrected chi connectivity index (χ1v) is 12.9. The molecule has 1 N–H and O–H groups in total. The normalized spacial score (nSPS) is 25.6. The van der Waals surface area contributed by atoms with Crippen LogP contribution in [-0.2, 0) is 23.7 Å². The molecule has 0 radical (unpaired) electrons. The predicted molar refractivity (Wildman–Crippen MR) is 142 cm³/mol. The summed E-state index contributed by atoms with van der Waals surface area (Å²) < 4.78 is 29.3. The van der Waals surface area contributed by atoms with Crippen LogP contribution in [0.25, 0.3) is 0 Å². The first kappa shape index (κ1) is 27.3. The molecule has 0 aromatic heterocycles. The van der Waals surface area contributed by atoms with E-state index in [0.717, 1.165) is 0 Å². The minimum atomic E-state index is -1.14. The Bertz CT molecular complexity index is 1330. The molecule has 9 heteroatoms. The number of hydrogen-bond acceptors (Lipinski definition) is 9. The van der Waals surface area contributed by atoms with Gasteiger partial charge in [-0.05, 0) is 36.4 Å². The summed E-state index contributed by atoms with van der Waals surface area (Å²) in [4.78, 5) is 38.9. The van der Waals surface area contributed by atoms with Gasteiger partial charge >= 0.3 is 17.9 Å². The maximum absolute atomic E-state index is 13.1. The summed E-state index contributed by atoms with van der Waals surface area (Å²) in [6, 6.07) is 25.2. The van der Waals surface area contributed by atoms with Crippen LogP contribution < -0.4 is 0 Å². The van der Waals surface area contributed by atoms with Gasteiger partial charge in [0, 0.05) is 0 Å². The molecule has 3 aromatic carbocycles. The summed E-state index contributed by atoms with van der Waals surface area (Å²) in [7, 11) is 0. The molecule has 2 aliphatic rings. The largest absolute Gasteiger partial charge is 0.459 e. The Hall–Kier alpha value is -4.31. The quantitative estimate of drug-likeness (QED) is 0.259. The lowest BCUT2D eigenvalue weighted by molar-refractivity contribution is -0.101. The Kier molecular flexibility index (Phi) is 8.65. The van der Waals surface area contributed by atoms with Gasteiger partial charge in [-0.3, -0.25) is 0 Å². The first-order valence-electron chi connectivity index (χ1n) is 12.9. The molecule has 0 aliphatic carbocycles. The number of benzene rings is 3. The Morgan fingerprint density at radius 1 is 0.700 bits per heavy atom. The predicted octanol–water partition coefficient (Wildman–Crippen LogP) is 3.38. The number of hydrogen-bond donors (Lipinski definition) is 1. The summed E-state index contributed by atoms with van der Waals surface area (Å²) in [5, 5.41) is 9.87. The summed E-state index contributed by atoms with van der Waals surface area (Å²) in [5.74, 6) is -1.90.